The van der Waals surface area contributed by atoms with E-state index < -0.39 is 4.32 Å². The largest absolute Gasteiger partial charge is 0.493 e. The van der Waals surface area contributed by atoms with Crippen LogP contribution in [-0.4, -0.2) is 9.55 Å². The molecule has 1 atom stereocenters. The van der Waals surface area contributed by atoms with Crippen LogP contribution < -0.4 is 9.80 Å². The number of hydrogen-bond donors (Lipinski definition) is 0. The summed E-state index contributed by atoms with van der Waals surface area (Å²) in [5.74, 6) is 0.896. The Morgan fingerprint density at radius 1 is 0.571 bits per heavy atom. The monoisotopic (exact) mass is 980 g/mol. The van der Waals surface area contributed by atoms with Crippen molar-refractivity contribution in [3.8, 4) is 5.82 Å². The summed E-state index contributed by atoms with van der Waals surface area (Å²) >= 11 is 4.20. The Hall–Kier alpha value is -4.18. The van der Waals surface area contributed by atoms with Gasteiger partial charge in [-0.2, -0.15) is 42.5 Å². The molecule has 7 aromatic rings. The summed E-state index contributed by atoms with van der Waals surface area (Å²) < 4.78 is 1.68. The molecule has 0 N–H and O–H groups in total. The molecule has 4 nitrogen and oxygen atoms in total. The molecule has 0 spiro atoms. The van der Waals surface area contributed by atoms with Gasteiger partial charge >= 0.3 is 0 Å². The predicted molar refractivity (Wildman–Crippen MR) is 236 cm³/mol. The zero-order valence-corrected chi connectivity index (χ0v) is 37.9. The fraction of sp³-hybridized carbons (Fsp3) is 0.280. The van der Waals surface area contributed by atoms with Gasteiger partial charge in [0.15, 0.2) is 0 Å². The van der Waals surface area contributed by atoms with E-state index in [0.29, 0.717) is 0 Å². The first kappa shape index (κ1) is 40.0. The number of benzene rings is 5. The first-order valence-corrected chi connectivity index (χ1v) is 20.0. The summed E-state index contributed by atoms with van der Waals surface area (Å²) in [5, 5.41) is 2.33. The van der Waals surface area contributed by atoms with Crippen LogP contribution in [0.2, 0.25) is 0 Å². The van der Waals surface area contributed by atoms with E-state index in [1.54, 1.807) is 0 Å². The molecule has 0 fully saturated rings. The van der Waals surface area contributed by atoms with Gasteiger partial charge in [-0.3, -0.25) is 0 Å². The maximum absolute atomic E-state index is 4.89. The molecule has 0 saturated carbocycles. The van der Waals surface area contributed by atoms with Gasteiger partial charge < -0.3 is 14.4 Å². The van der Waals surface area contributed by atoms with Crippen molar-refractivity contribution < 1.29 is 21.1 Å². The third kappa shape index (κ3) is 7.15. The van der Waals surface area contributed by atoms with E-state index in [0.717, 1.165) is 56.1 Å². The second-order valence-electron chi connectivity index (χ2n) is 18.2. The first-order valence-electron chi connectivity index (χ1n) is 19.2. The van der Waals surface area contributed by atoms with Gasteiger partial charge in [0.05, 0.1) is 0 Å². The molecule has 5 aromatic carbocycles. The molecule has 0 amide bonds. The van der Waals surface area contributed by atoms with Crippen LogP contribution in [0.15, 0.2) is 115 Å². The number of fused-ring (bicyclic) bond motifs is 4. The number of anilines is 4. The Morgan fingerprint density at radius 3 is 1.84 bits per heavy atom. The van der Waals surface area contributed by atoms with E-state index in [-0.39, 0.29) is 37.3 Å². The van der Waals surface area contributed by atoms with Gasteiger partial charge in [0, 0.05) is 54.2 Å². The molecule has 3 heterocycles. The summed E-state index contributed by atoms with van der Waals surface area (Å²) in [6.45, 7) is 24.9. The van der Waals surface area contributed by atoms with Gasteiger partial charge in [0.1, 0.15) is 5.82 Å². The molecule has 6 heteroatoms. The summed E-state index contributed by atoms with van der Waals surface area (Å²) in [7, 11) is 0. The number of aromatic nitrogens is 2. The van der Waals surface area contributed by atoms with Crippen LogP contribution in [0.4, 0.5) is 22.7 Å². The molecule has 1 unspecified atom stereocenters. The van der Waals surface area contributed by atoms with Gasteiger partial charge in [0.25, 0.3) is 0 Å². The quantitative estimate of drug-likeness (QED) is 0.127. The van der Waals surface area contributed by atoms with Crippen molar-refractivity contribution in [1.29, 1.82) is 0 Å². The van der Waals surface area contributed by atoms with Crippen LogP contribution in [0.3, 0.4) is 0 Å². The van der Waals surface area contributed by atoms with Gasteiger partial charge in [-0.15, -0.1) is 28.9 Å². The number of pyridine rings is 1. The average molecular weight is 982 g/mol. The fourth-order valence-electron chi connectivity index (χ4n) is 7.55. The van der Waals surface area contributed by atoms with Crippen molar-refractivity contribution in [3.63, 3.8) is 0 Å². The number of halogens is 1. The third-order valence-electron chi connectivity index (χ3n) is 11.0. The Morgan fingerprint density at radius 2 is 1.18 bits per heavy atom. The molecule has 0 saturated heterocycles. The van der Waals surface area contributed by atoms with E-state index in [2.05, 4.69) is 228 Å². The maximum atomic E-state index is 4.89. The second kappa shape index (κ2) is 14.3. The van der Waals surface area contributed by atoms with Gasteiger partial charge in [0.2, 0.25) is 0 Å². The molecule has 2 aromatic heterocycles. The van der Waals surface area contributed by atoms with E-state index in [1.165, 1.54) is 22.1 Å². The Balaban J connectivity index is 0.00000480. The Bertz CT molecular complexity index is 2550. The fourth-order valence-corrected chi connectivity index (χ4v) is 8.02. The van der Waals surface area contributed by atoms with E-state index in [9.17, 15) is 0 Å². The van der Waals surface area contributed by atoms with Crippen molar-refractivity contribution in [1.82, 2.24) is 9.55 Å². The second-order valence-corrected chi connectivity index (χ2v) is 19.8. The molecule has 290 valence electrons. The minimum Gasteiger partial charge on any atom is -0.493 e. The normalized spacial score (nSPS) is 14.6. The van der Waals surface area contributed by atoms with Crippen molar-refractivity contribution in [2.75, 3.05) is 9.80 Å². The first-order chi connectivity index (χ1) is 25.9. The zero-order valence-electron chi connectivity index (χ0n) is 34.0. The van der Waals surface area contributed by atoms with Crippen LogP contribution in [0, 0.1) is 18.8 Å². The maximum Gasteiger partial charge on any atom is 0.135 e. The summed E-state index contributed by atoms with van der Waals surface area (Å²) in [4.78, 5) is 9.49. The van der Waals surface area contributed by atoms with Crippen LogP contribution in [-0.2, 0) is 41.6 Å². The number of hydrogen-bond acceptors (Lipinski definition) is 3. The number of para-hydroxylation sites is 3. The number of rotatable bonds is 5. The van der Waals surface area contributed by atoms with E-state index >= 15 is 0 Å². The number of alkyl halides is 1. The molecular weight excluding hydrogens is 932 g/mol. The molecular formula is C50H50BrN4Pt-3. The van der Waals surface area contributed by atoms with Crippen LogP contribution in [0.25, 0.3) is 27.6 Å². The molecule has 56 heavy (non-hydrogen) atoms. The van der Waals surface area contributed by atoms with Crippen molar-refractivity contribution in [2.24, 2.45) is 0 Å². The zero-order chi connectivity index (χ0) is 39.1. The summed E-state index contributed by atoms with van der Waals surface area (Å²) in [6.07, 6.45) is 1.93. The van der Waals surface area contributed by atoms with Gasteiger partial charge in [-0.25, -0.2) is 4.98 Å². The van der Waals surface area contributed by atoms with Gasteiger partial charge in [-0.1, -0.05) is 120 Å². The van der Waals surface area contributed by atoms with Crippen LogP contribution in [0.5, 0.6) is 0 Å². The van der Waals surface area contributed by atoms with E-state index in [1.807, 2.05) is 6.20 Å². The summed E-state index contributed by atoms with van der Waals surface area (Å²) in [5.41, 5.74) is 12.5. The molecule has 0 radical (unpaired) electrons. The molecule has 0 bridgehead atoms. The van der Waals surface area contributed by atoms with Gasteiger partial charge in [-0.05, 0) is 87.7 Å². The summed E-state index contributed by atoms with van der Waals surface area (Å²) in [6, 6.07) is 47.2. The molecule has 8 rings (SSSR count). The molecule has 0 aliphatic carbocycles. The van der Waals surface area contributed by atoms with Crippen molar-refractivity contribution in [2.45, 2.75) is 89.8 Å². The van der Waals surface area contributed by atoms with Crippen LogP contribution >= 0.6 is 15.9 Å². The minimum atomic E-state index is -0.583. The molecule has 1 aliphatic rings. The topological polar surface area (TPSA) is 24.3 Å². The minimum absolute atomic E-state index is 0. The van der Waals surface area contributed by atoms with Crippen molar-refractivity contribution >= 4 is 60.5 Å². The third-order valence-corrected chi connectivity index (χ3v) is 11.9. The number of nitrogens with zero attached hydrogens (tertiary/aromatic N) is 4. The SMILES string of the molecule is CC(C)(C)c1cc(N2[CH-]N(c3[c-]c(C(C)(Br)c4[c-]c5c(cc4)c4ccccc4n5-c4cc(C(C)(C)C)ccn4)ccc3)c3ccccc32)cc(C(C)(C)C)c1.[Pt]. The van der Waals surface area contributed by atoms with Crippen molar-refractivity contribution in [3.05, 3.63) is 162 Å². The van der Waals surface area contributed by atoms with E-state index in [4.69, 9.17) is 4.98 Å². The van der Waals surface area contributed by atoms with Crippen LogP contribution in [0.1, 0.15) is 97.1 Å². The smallest absolute Gasteiger partial charge is 0.135 e. The predicted octanol–water partition coefficient (Wildman–Crippen LogP) is 13.7. The standard InChI is InChI=1S/C50H50BrN4.Pt/c1-47(2,3)33-24-25-52-46(31-33)55-42-19-12-11-18-40(42)41-23-22-35(30-45(41)55)50(10,51)34-16-15-17-38(27-34)53-32-54(44-21-14-13-20-43(44)53)39-28-36(48(4,5)6)26-37(29-39)49(7,8)9;/h11-26,28-29,31-32H,1-10H3;/q-3;. The Labute approximate surface area is 356 Å². The average Bonchev–Trinajstić information content (AvgIpc) is 3.70. The molecule has 1 aliphatic heterocycles. The Kier molecular flexibility index (Phi) is 10.2.